The number of halogens is 3. The van der Waals surface area contributed by atoms with Crippen LogP contribution in [-0.2, 0) is 18.9 Å². The summed E-state index contributed by atoms with van der Waals surface area (Å²) in [5.41, 5.74) is 7.40. The number of rotatable bonds is 6. The fourth-order valence-electron chi connectivity index (χ4n) is 3.40. The van der Waals surface area contributed by atoms with Crippen LogP contribution in [0.1, 0.15) is 48.4 Å². The highest BCUT2D eigenvalue weighted by Crippen LogP contribution is 2.34. The molecule has 9 nitrogen and oxygen atoms in total. The zero-order chi connectivity index (χ0) is 23.8. The Kier molecular flexibility index (Phi) is 8.57. The second-order valence-electron chi connectivity index (χ2n) is 8.43. The molecule has 0 saturated carbocycles. The molecule has 0 spiro atoms. The van der Waals surface area contributed by atoms with Gasteiger partial charge in [0.15, 0.2) is 11.6 Å². The predicted octanol–water partition coefficient (Wildman–Crippen LogP) is 2.85. The summed E-state index contributed by atoms with van der Waals surface area (Å²) >= 11 is 6.11. The van der Waals surface area contributed by atoms with Crippen LogP contribution in [0.5, 0.6) is 0 Å². The lowest BCUT2D eigenvalue weighted by atomic mass is 10.1. The van der Waals surface area contributed by atoms with Crippen LogP contribution in [0, 0.1) is 10.7 Å². The predicted molar refractivity (Wildman–Crippen MR) is 143 cm³/mol. The first-order valence-electron chi connectivity index (χ1n) is 9.97. The molecule has 2 atom stereocenters. The molecule has 2 heterocycles. The number of nitrogens with two attached hydrogens (primary N) is 1. The molecule has 0 bridgehead atoms. The molecule has 1 aromatic carbocycles. The van der Waals surface area contributed by atoms with Gasteiger partial charge in [-0.2, -0.15) is 0 Å². The maximum atomic E-state index is 13.0. The lowest BCUT2D eigenvalue weighted by Gasteiger charge is -2.20. The first-order valence-corrected chi connectivity index (χ1v) is 13.2. The van der Waals surface area contributed by atoms with E-state index in [-0.39, 0.29) is 37.1 Å². The summed E-state index contributed by atoms with van der Waals surface area (Å²) < 4.78 is 24.3. The average molecular weight is 785 g/mol. The topological polar surface area (TPSA) is 121 Å². The summed E-state index contributed by atoms with van der Waals surface area (Å²) in [6, 6.07) is 0. The Balaban J connectivity index is 1.74. The number of hydrogen-bond donors (Lipinski definition) is 3. The van der Waals surface area contributed by atoms with Gasteiger partial charge in [0.05, 0.1) is 37.2 Å². The van der Waals surface area contributed by atoms with Gasteiger partial charge in [0, 0.05) is 16.7 Å². The Morgan fingerprint density at radius 3 is 1.53 bits per heavy atom. The lowest BCUT2D eigenvalue weighted by Crippen LogP contribution is -2.37. The average Bonchev–Trinajstić information content (AvgIpc) is 3.23. The molecule has 0 aromatic heterocycles. The molecule has 2 fully saturated rings. The summed E-state index contributed by atoms with van der Waals surface area (Å²) in [5.74, 6) is -1.97. The Morgan fingerprint density at radius 2 is 1.22 bits per heavy atom. The standard InChI is InChI=1S/C20H26I3N3O6/c1-19(2)29-7-9(31-19)5-25-17(27)11-13(21)12(15(23)16(24)14(11)22)18(28)26-6-10-8-30-20(3,4)32-10/h9-10H,5-8,24H2,1-4H3,(H,25,27)(H,26,28). The van der Waals surface area contributed by atoms with Crippen molar-refractivity contribution in [2.75, 3.05) is 32.0 Å². The summed E-state index contributed by atoms with van der Waals surface area (Å²) in [6.45, 7) is 8.68. The number of carbonyl (C=O) groups is 2. The van der Waals surface area contributed by atoms with Crippen molar-refractivity contribution < 1.29 is 28.5 Å². The molecule has 4 N–H and O–H groups in total. The number of ether oxygens (including phenoxy) is 4. The number of nitrogens with one attached hydrogen (secondary N) is 2. The molecule has 2 aliphatic heterocycles. The summed E-state index contributed by atoms with van der Waals surface area (Å²) in [7, 11) is 0. The largest absolute Gasteiger partial charge is 0.397 e. The highest BCUT2D eigenvalue weighted by molar-refractivity contribution is 14.1. The number of nitrogen functional groups attached to an aromatic ring is 1. The number of amides is 2. The van der Waals surface area contributed by atoms with Gasteiger partial charge in [-0.15, -0.1) is 0 Å². The molecule has 12 heteroatoms. The Morgan fingerprint density at radius 1 is 0.844 bits per heavy atom. The quantitative estimate of drug-likeness (QED) is 0.300. The lowest BCUT2D eigenvalue weighted by molar-refractivity contribution is -0.138. The van der Waals surface area contributed by atoms with E-state index >= 15 is 0 Å². The first kappa shape index (κ1) is 26.6. The third kappa shape index (κ3) is 6.16. The van der Waals surface area contributed by atoms with Crippen molar-refractivity contribution in [2.24, 2.45) is 0 Å². The smallest absolute Gasteiger partial charge is 0.253 e. The van der Waals surface area contributed by atoms with Crippen molar-refractivity contribution in [3.63, 3.8) is 0 Å². The Labute approximate surface area is 228 Å². The minimum Gasteiger partial charge on any atom is -0.397 e. The van der Waals surface area contributed by atoms with Crippen molar-refractivity contribution in [3.05, 3.63) is 21.8 Å². The minimum atomic E-state index is -0.667. The summed E-state index contributed by atoms with van der Waals surface area (Å²) in [6.07, 6.45) is -0.489. The minimum absolute atomic E-state index is 0.244. The number of carbonyl (C=O) groups excluding carboxylic acids is 2. The van der Waals surface area contributed by atoms with Gasteiger partial charge in [0.1, 0.15) is 12.2 Å². The maximum Gasteiger partial charge on any atom is 0.253 e. The van der Waals surface area contributed by atoms with Crippen LogP contribution < -0.4 is 16.4 Å². The van der Waals surface area contributed by atoms with Crippen LogP contribution in [0.25, 0.3) is 0 Å². The molecule has 1 aromatic rings. The number of hydrogen-bond acceptors (Lipinski definition) is 7. The molecule has 178 valence electrons. The third-order valence-electron chi connectivity index (χ3n) is 4.92. The Bertz CT molecular complexity index is 855. The van der Waals surface area contributed by atoms with E-state index < -0.39 is 11.6 Å². The van der Waals surface area contributed by atoms with E-state index in [1.807, 2.05) is 95.5 Å². The van der Waals surface area contributed by atoms with Crippen LogP contribution >= 0.6 is 67.8 Å². The zero-order valence-corrected chi connectivity index (χ0v) is 24.6. The van der Waals surface area contributed by atoms with Gasteiger partial charge < -0.3 is 35.3 Å². The molecule has 2 unspecified atom stereocenters. The molecule has 32 heavy (non-hydrogen) atoms. The van der Waals surface area contributed by atoms with E-state index in [0.29, 0.717) is 40.7 Å². The fraction of sp³-hybridized carbons (Fsp3) is 0.600. The maximum absolute atomic E-state index is 13.0. The van der Waals surface area contributed by atoms with Crippen LogP contribution in [-0.4, -0.2) is 61.9 Å². The van der Waals surface area contributed by atoms with Crippen LogP contribution in [0.2, 0.25) is 0 Å². The van der Waals surface area contributed by atoms with Gasteiger partial charge in [-0.1, -0.05) is 0 Å². The normalized spacial score (nSPS) is 23.8. The molecule has 3 rings (SSSR count). The van der Waals surface area contributed by atoms with E-state index in [4.69, 9.17) is 24.7 Å². The highest BCUT2D eigenvalue weighted by atomic mass is 127. The van der Waals surface area contributed by atoms with Crippen molar-refractivity contribution in [1.82, 2.24) is 10.6 Å². The summed E-state index contributed by atoms with van der Waals surface area (Å²) in [5, 5.41) is 5.76. The summed E-state index contributed by atoms with van der Waals surface area (Å²) in [4.78, 5) is 26.1. The number of anilines is 1. The molecule has 2 aliphatic rings. The van der Waals surface area contributed by atoms with Gasteiger partial charge >= 0.3 is 0 Å². The monoisotopic (exact) mass is 785 g/mol. The second kappa shape index (κ2) is 10.3. The van der Waals surface area contributed by atoms with Crippen molar-refractivity contribution >= 4 is 85.3 Å². The van der Waals surface area contributed by atoms with Crippen LogP contribution in [0.4, 0.5) is 5.69 Å². The van der Waals surface area contributed by atoms with E-state index in [0.717, 1.165) is 0 Å². The van der Waals surface area contributed by atoms with Crippen molar-refractivity contribution in [2.45, 2.75) is 51.5 Å². The van der Waals surface area contributed by atoms with E-state index in [9.17, 15) is 9.59 Å². The molecule has 0 aliphatic carbocycles. The molecular weight excluding hydrogens is 759 g/mol. The molecule has 0 radical (unpaired) electrons. The van der Waals surface area contributed by atoms with Gasteiger partial charge in [0.2, 0.25) is 0 Å². The Hall–Kier alpha value is -0.0100. The van der Waals surface area contributed by atoms with Crippen LogP contribution in [0.15, 0.2) is 0 Å². The first-order chi connectivity index (χ1) is 14.8. The third-order valence-corrected chi connectivity index (χ3v) is 8.24. The van der Waals surface area contributed by atoms with Gasteiger partial charge in [-0.05, 0) is 95.5 Å². The van der Waals surface area contributed by atoms with E-state index in [1.54, 1.807) is 0 Å². The van der Waals surface area contributed by atoms with Crippen molar-refractivity contribution in [3.8, 4) is 0 Å². The van der Waals surface area contributed by atoms with Crippen LogP contribution in [0.3, 0.4) is 0 Å². The van der Waals surface area contributed by atoms with E-state index in [2.05, 4.69) is 10.6 Å². The second-order valence-corrected chi connectivity index (χ2v) is 11.7. The van der Waals surface area contributed by atoms with Gasteiger partial charge in [-0.3, -0.25) is 9.59 Å². The molecule has 2 saturated heterocycles. The molecule has 2 amide bonds. The zero-order valence-electron chi connectivity index (χ0n) is 18.1. The van der Waals surface area contributed by atoms with Gasteiger partial charge in [-0.25, -0.2) is 0 Å². The highest BCUT2D eigenvalue weighted by Gasteiger charge is 2.35. The van der Waals surface area contributed by atoms with Crippen molar-refractivity contribution in [1.29, 1.82) is 0 Å². The SMILES string of the molecule is CC1(C)OCC(CNC(=O)c2c(I)c(N)c(I)c(C(=O)NCC3COC(C)(C)O3)c2I)O1. The molecular formula is C20H26I3N3O6. The van der Waals surface area contributed by atoms with E-state index in [1.165, 1.54) is 0 Å². The fourth-order valence-corrected chi connectivity index (χ4v) is 7.55. The number of benzene rings is 1. The van der Waals surface area contributed by atoms with Gasteiger partial charge in [0.25, 0.3) is 11.8 Å².